The van der Waals surface area contributed by atoms with Gasteiger partial charge < -0.3 is 20.1 Å². The minimum atomic E-state index is -0.565. The number of nitrogens with zero attached hydrogens (tertiary/aromatic N) is 2. The highest BCUT2D eigenvalue weighted by Crippen LogP contribution is 2.20. The van der Waals surface area contributed by atoms with E-state index in [4.69, 9.17) is 4.74 Å². The Kier molecular flexibility index (Phi) is 6.65. The van der Waals surface area contributed by atoms with Crippen molar-refractivity contribution in [3.63, 3.8) is 0 Å². The third-order valence-corrected chi connectivity index (χ3v) is 5.02. The number of carbonyl (C=O) groups excluding carboxylic acids is 1. The molecule has 0 radical (unpaired) electrons. The molecule has 144 valence electrons. The van der Waals surface area contributed by atoms with Crippen molar-refractivity contribution in [2.24, 2.45) is 5.92 Å². The lowest BCUT2D eigenvalue weighted by molar-refractivity contribution is 0.0175. The molecule has 1 aromatic heterocycles. The molecule has 1 aliphatic rings. The van der Waals surface area contributed by atoms with Crippen molar-refractivity contribution in [2.45, 2.75) is 32.5 Å². The average Bonchev–Trinajstić information content (AvgIpc) is 2.72. The number of amides is 1. The van der Waals surface area contributed by atoms with Gasteiger partial charge in [-0.05, 0) is 36.1 Å². The van der Waals surface area contributed by atoms with E-state index in [-0.39, 0.29) is 18.6 Å². The van der Waals surface area contributed by atoms with E-state index >= 15 is 0 Å². The van der Waals surface area contributed by atoms with Crippen molar-refractivity contribution >= 4 is 11.8 Å². The summed E-state index contributed by atoms with van der Waals surface area (Å²) in [7, 11) is 0. The molecule has 0 spiro atoms. The Morgan fingerprint density at radius 3 is 2.59 bits per heavy atom. The zero-order valence-corrected chi connectivity index (χ0v) is 15.7. The number of likely N-dealkylation sites (tertiary alicyclic amines) is 1. The Bertz CT molecular complexity index is 721. The molecular weight excluding hydrogens is 342 g/mol. The molecule has 27 heavy (non-hydrogen) atoms. The van der Waals surface area contributed by atoms with Crippen LogP contribution in [0, 0.1) is 5.92 Å². The van der Waals surface area contributed by atoms with Crippen LogP contribution in [0.25, 0.3) is 0 Å². The number of aliphatic hydroxyl groups excluding tert-OH is 1. The highest BCUT2D eigenvalue weighted by atomic mass is 16.6. The standard InChI is InChI=1S/C21H27N3O3/c1-2-16-3-5-17(6-4-16)15-27-21(26)24-12-9-18(20(25)14-24)13-23-19-7-10-22-11-8-19/h3-8,10-11,18,20,25H,2,9,12-15H2,1H3,(H,22,23). The van der Waals surface area contributed by atoms with Crippen molar-refractivity contribution in [1.29, 1.82) is 0 Å². The van der Waals surface area contributed by atoms with Gasteiger partial charge in [0.05, 0.1) is 12.6 Å². The van der Waals surface area contributed by atoms with Gasteiger partial charge in [0.15, 0.2) is 0 Å². The lowest BCUT2D eigenvalue weighted by Gasteiger charge is -2.35. The topological polar surface area (TPSA) is 74.7 Å². The zero-order valence-electron chi connectivity index (χ0n) is 15.7. The van der Waals surface area contributed by atoms with Crippen LogP contribution in [0.2, 0.25) is 0 Å². The van der Waals surface area contributed by atoms with Crippen molar-refractivity contribution in [2.75, 3.05) is 25.0 Å². The first-order chi connectivity index (χ1) is 13.2. The molecule has 1 amide bonds. The fourth-order valence-electron chi connectivity index (χ4n) is 3.21. The molecule has 6 nitrogen and oxygen atoms in total. The number of hydrogen-bond donors (Lipinski definition) is 2. The number of pyridine rings is 1. The lowest BCUT2D eigenvalue weighted by atomic mass is 9.94. The number of aliphatic hydroxyl groups is 1. The number of aromatic nitrogens is 1. The third-order valence-electron chi connectivity index (χ3n) is 5.02. The number of ether oxygens (including phenoxy) is 1. The van der Waals surface area contributed by atoms with Crippen molar-refractivity contribution in [1.82, 2.24) is 9.88 Å². The maximum Gasteiger partial charge on any atom is 0.410 e. The normalized spacial score (nSPS) is 19.6. The van der Waals surface area contributed by atoms with Gasteiger partial charge in [-0.15, -0.1) is 0 Å². The number of hydrogen-bond acceptors (Lipinski definition) is 5. The second-order valence-corrected chi connectivity index (χ2v) is 6.90. The molecule has 0 bridgehead atoms. The highest BCUT2D eigenvalue weighted by molar-refractivity contribution is 5.67. The quantitative estimate of drug-likeness (QED) is 0.818. The number of nitrogens with one attached hydrogen (secondary N) is 1. The molecule has 3 rings (SSSR count). The zero-order chi connectivity index (χ0) is 19.1. The van der Waals surface area contributed by atoms with Gasteiger partial charge in [0, 0.05) is 37.1 Å². The lowest BCUT2D eigenvalue weighted by Crippen LogP contribution is -2.48. The van der Waals surface area contributed by atoms with E-state index in [1.807, 2.05) is 36.4 Å². The maximum absolute atomic E-state index is 12.3. The second-order valence-electron chi connectivity index (χ2n) is 6.90. The second kappa shape index (κ2) is 9.37. The molecule has 2 atom stereocenters. The van der Waals surface area contributed by atoms with Crippen LogP contribution in [0.4, 0.5) is 10.5 Å². The molecule has 1 aliphatic heterocycles. The molecule has 2 heterocycles. The van der Waals surface area contributed by atoms with Crippen LogP contribution in [-0.4, -0.2) is 46.8 Å². The molecule has 0 aliphatic carbocycles. The molecule has 1 saturated heterocycles. The monoisotopic (exact) mass is 369 g/mol. The maximum atomic E-state index is 12.3. The summed E-state index contributed by atoms with van der Waals surface area (Å²) in [6.45, 7) is 3.92. The van der Waals surface area contributed by atoms with E-state index < -0.39 is 6.10 Å². The molecule has 0 saturated carbocycles. The fraction of sp³-hybridized carbons (Fsp3) is 0.429. The van der Waals surface area contributed by atoms with E-state index in [9.17, 15) is 9.90 Å². The third kappa shape index (κ3) is 5.44. The SMILES string of the molecule is CCc1ccc(COC(=O)N2CCC(CNc3ccncc3)C(O)C2)cc1. The van der Waals surface area contributed by atoms with Gasteiger partial charge >= 0.3 is 6.09 Å². The van der Waals surface area contributed by atoms with Crippen molar-refractivity contribution in [3.05, 3.63) is 59.9 Å². The number of rotatable bonds is 6. The van der Waals surface area contributed by atoms with Gasteiger partial charge in [-0.3, -0.25) is 4.98 Å². The molecule has 1 fully saturated rings. The number of anilines is 1. The summed E-state index contributed by atoms with van der Waals surface area (Å²) in [5.74, 6) is 0.101. The Labute approximate surface area is 160 Å². The summed E-state index contributed by atoms with van der Waals surface area (Å²) < 4.78 is 5.41. The molecule has 2 unspecified atom stereocenters. The molecular formula is C21H27N3O3. The van der Waals surface area contributed by atoms with Crippen LogP contribution in [0.5, 0.6) is 0 Å². The van der Waals surface area contributed by atoms with E-state index in [2.05, 4.69) is 17.2 Å². The van der Waals surface area contributed by atoms with Gasteiger partial charge in [-0.1, -0.05) is 31.2 Å². The van der Waals surface area contributed by atoms with E-state index in [1.54, 1.807) is 17.3 Å². The Hall–Kier alpha value is -2.60. The van der Waals surface area contributed by atoms with Crippen molar-refractivity contribution in [3.8, 4) is 0 Å². The average molecular weight is 369 g/mol. The minimum absolute atomic E-state index is 0.101. The van der Waals surface area contributed by atoms with E-state index in [1.165, 1.54) is 5.56 Å². The van der Waals surface area contributed by atoms with Crippen LogP contribution in [-0.2, 0) is 17.8 Å². The van der Waals surface area contributed by atoms with Crippen LogP contribution >= 0.6 is 0 Å². The highest BCUT2D eigenvalue weighted by Gasteiger charge is 2.30. The Balaban J connectivity index is 1.43. The first kappa shape index (κ1) is 19.2. The first-order valence-electron chi connectivity index (χ1n) is 9.47. The summed E-state index contributed by atoms with van der Waals surface area (Å²) in [6.07, 6.45) is 4.25. The number of carbonyl (C=O) groups is 1. The summed E-state index contributed by atoms with van der Waals surface area (Å²) in [5.41, 5.74) is 3.21. The van der Waals surface area contributed by atoms with Crippen LogP contribution in [0.1, 0.15) is 24.5 Å². The van der Waals surface area contributed by atoms with E-state index in [0.717, 1.165) is 24.1 Å². The van der Waals surface area contributed by atoms with E-state index in [0.29, 0.717) is 19.6 Å². The predicted molar refractivity (Wildman–Crippen MR) is 104 cm³/mol. The molecule has 2 aromatic rings. The minimum Gasteiger partial charge on any atom is -0.445 e. The van der Waals surface area contributed by atoms with Crippen LogP contribution < -0.4 is 5.32 Å². The summed E-state index contributed by atoms with van der Waals surface area (Å²) >= 11 is 0. The molecule has 6 heteroatoms. The number of benzene rings is 1. The van der Waals surface area contributed by atoms with Crippen LogP contribution in [0.3, 0.4) is 0 Å². The Morgan fingerprint density at radius 1 is 1.22 bits per heavy atom. The summed E-state index contributed by atoms with van der Waals surface area (Å²) in [6, 6.07) is 11.9. The van der Waals surface area contributed by atoms with Gasteiger partial charge in [-0.2, -0.15) is 0 Å². The van der Waals surface area contributed by atoms with Crippen LogP contribution in [0.15, 0.2) is 48.8 Å². The molecule has 1 aromatic carbocycles. The number of β-amino-alcohol motifs (C(OH)–C–C–N with tert-alkyl or cyclic N) is 1. The summed E-state index contributed by atoms with van der Waals surface area (Å²) in [4.78, 5) is 17.9. The number of piperidine rings is 1. The van der Waals surface area contributed by atoms with Gasteiger partial charge in [0.25, 0.3) is 0 Å². The van der Waals surface area contributed by atoms with Gasteiger partial charge in [-0.25, -0.2) is 4.79 Å². The Morgan fingerprint density at radius 2 is 1.93 bits per heavy atom. The first-order valence-corrected chi connectivity index (χ1v) is 9.47. The smallest absolute Gasteiger partial charge is 0.410 e. The van der Waals surface area contributed by atoms with Gasteiger partial charge in [0.1, 0.15) is 6.61 Å². The predicted octanol–water partition coefficient (Wildman–Crippen LogP) is 3.08. The largest absolute Gasteiger partial charge is 0.445 e. The molecule has 2 N–H and O–H groups in total. The number of aryl methyl sites for hydroxylation is 1. The van der Waals surface area contributed by atoms with Crippen molar-refractivity contribution < 1.29 is 14.6 Å². The van der Waals surface area contributed by atoms with Gasteiger partial charge in [0.2, 0.25) is 0 Å². The fourth-order valence-corrected chi connectivity index (χ4v) is 3.21. The summed E-state index contributed by atoms with van der Waals surface area (Å²) in [5, 5.41) is 13.7.